The SMILES string of the molecule is CC(C(=O)Nc1ccc(Br)cc1)n1cccc1C=O. The second-order valence-electron chi connectivity index (χ2n) is 4.13. The summed E-state index contributed by atoms with van der Waals surface area (Å²) in [6.45, 7) is 1.75. The fourth-order valence-electron chi connectivity index (χ4n) is 1.77. The number of aromatic nitrogens is 1. The van der Waals surface area contributed by atoms with Gasteiger partial charge >= 0.3 is 0 Å². The fraction of sp³-hybridized carbons (Fsp3) is 0.143. The molecule has 0 aliphatic carbocycles. The van der Waals surface area contributed by atoms with Gasteiger partial charge in [0.05, 0.1) is 5.69 Å². The maximum atomic E-state index is 12.1. The highest BCUT2D eigenvalue weighted by Gasteiger charge is 2.16. The molecule has 1 N–H and O–H groups in total. The van der Waals surface area contributed by atoms with Gasteiger partial charge in [0, 0.05) is 16.4 Å². The molecule has 0 saturated heterocycles. The Bertz CT molecular complexity index is 590. The summed E-state index contributed by atoms with van der Waals surface area (Å²) in [4.78, 5) is 23.0. The zero-order valence-electron chi connectivity index (χ0n) is 10.3. The first-order chi connectivity index (χ1) is 9.11. The normalized spacial score (nSPS) is 11.9. The molecule has 1 aromatic heterocycles. The summed E-state index contributed by atoms with van der Waals surface area (Å²) in [6.07, 6.45) is 2.46. The quantitative estimate of drug-likeness (QED) is 0.879. The number of benzene rings is 1. The van der Waals surface area contributed by atoms with Gasteiger partial charge < -0.3 is 9.88 Å². The van der Waals surface area contributed by atoms with Gasteiger partial charge in [0.2, 0.25) is 5.91 Å². The van der Waals surface area contributed by atoms with Crippen molar-refractivity contribution < 1.29 is 9.59 Å². The van der Waals surface area contributed by atoms with Crippen LogP contribution in [-0.2, 0) is 4.79 Å². The zero-order valence-corrected chi connectivity index (χ0v) is 11.9. The molecule has 1 unspecified atom stereocenters. The standard InChI is InChI=1S/C14H13BrN2O2/c1-10(17-8-2-3-13(17)9-18)14(19)16-12-6-4-11(15)5-7-12/h2-10H,1H3,(H,16,19). The lowest BCUT2D eigenvalue weighted by atomic mass is 10.2. The van der Waals surface area contributed by atoms with E-state index >= 15 is 0 Å². The molecule has 0 aliphatic rings. The van der Waals surface area contributed by atoms with Crippen molar-refractivity contribution in [3.63, 3.8) is 0 Å². The summed E-state index contributed by atoms with van der Waals surface area (Å²) in [7, 11) is 0. The number of aldehydes is 1. The van der Waals surface area contributed by atoms with Crippen LogP contribution in [0, 0.1) is 0 Å². The number of hydrogen-bond donors (Lipinski definition) is 1. The summed E-state index contributed by atoms with van der Waals surface area (Å²) in [5.74, 6) is -0.165. The third-order valence-electron chi connectivity index (χ3n) is 2.84. The van der Waals surface area contributed by atoms with Crippen LogP contribution in [0.25, 0.3) is 0 Å². The Balaban J connectivity index is 2.11. The van der Waals surface area contributed by atoms with E-state index in [0.29, 0.717) is 5.69 Å². The van der Waals surface area contributed by atoms with Crippen LogP contribution >= 0.6 is 15.9 Å². The van der Waals surface area contributed by atoms with Gasteiger partial charge in [0.15, 0.2) is 6.29 Å². The topological polar surface area (TPSA) is 51.1 Å². The molecule has 0 fully saturated rings. The van der Waals surface area contributed by atoms with Crippen LogP contribution in [0.5, 0.6) is 0 Å². The number of amides is 1. The summed E-state index contributed by atoms with van der Waals surface area (Å²) in [5, 5.41) is 2.81. The van der Waals surface area contributed by atoms with E-state index in [9.17, 15) is 9.59 Å². The second-order valence-corrected chi connectivity index (χ2v) is 5.05. The minimum atomic E-state index is -0.446. The van der Waals surface area contributed by atoms with Crippen molar-refractivity contribution in [2.45, 2.75) is 13.0 Å². The highest BCUT2D eigenvalue weighted by molar-refractivity contribution is 9.10. The minimum Gasteiger partial charge on any atom is -0.333 e. The predicted molar refractivity (Wildman–Crippen MR) is 77.3 cm³/mol. The van der Waals surface area contributed by atoms with E-state index in [1.54, 1.807) is 29.8 Å². The van der Waals surface area contributed by atoms with Crippen molar-refractivity contribution in [1.82, 2.24) is 4.57 Å². The Kier molecular flexibility index (Phi) is 4.16. The van der Waals surface area contributed by atoms with Gasteiger partial charge in [0.1, 0.15) is 6.04 Å². The fourth-order valence-corrected chi connectivity index (χ4v) is 2.03. The van der Waals surface area contributed by atoms with E-state index in [1.165, 1.54) is 0 Å². The predicted octanol–water partition coefficient (Wildman–Crippen LogP) is 3.26. The molecule has 1 amide bonds. The van der Waals surface area contributed by atoms with Crippen LogP contribution in [0.4, 0.5) is 5.69 Å². The number of hydrogen-bond acceptors (Lipinski definition) is 2. The first-order valence-corrected chi connectivity index (χ1v) is 6.59. The molecule has 1 atom stereocenters. The largest absolute Gasteiger partial charge is 0.333 e. The molecule has 0 radical (unpaired) electrons. The molecule has 5 heteroatoms. The molecule has 0 bridgehead atoms. The highest BCUT2D eigenvalue weighted by Crippen LogP contribution is 2.17. The van der Waals surface area contributed by atoms with Crippen LogP contribution < -0.4 is 5.32 Å². The number of anilines is 1. The van der Waals surface area contributed by atoms with Crippen molar-refractivity contribution in [3.05, 3.63) is 52.8 Å². The van der Waals surface area contributed by atoms with E-state index in [4.69, 9.17) is 0 Å². The highest BCUT2D eigenvalue weighted by atomic mass is 79.9. The first-order valence-electron chi connectivity index (χ1n) is 5.80. The average Bonchev–Trinajstić information content (AvgIpc) is 2.88. The van der Waals surface area contributed by atoms with E-state index in [0.717, 1.165) is 16.4 Å². The summed E-state index contributed by atoms with van der Waals surface area (Å²) in [6, 6.07) is 10.3. The number of carbonyl (C=O) groups is 2. The number of halogens is 1. The lowest BCUT2D eigenvalue weighted by molar-refractivity contribution is -0.118. The van der Waals surface area contributed by atoms with E-state index in [-0.39, 0.29) is 5.91 Å². The van der Waals surface area contributed by atoms with Crippen molar-refractivity contribution in [2.75, 3.05) is 5.32 Å². The Morgan fingerprint density at radius 3 is 2.63 bits per heavy atom. The van der Waals surface area contributed by atoms with Gasteiger partial charge in [-0.05, 0) is 43.3 Å². The van der Waals surface area contributed by atoms with Gasteiger partial charge in [-0.25, -0.2) is 0 Å². The van der Waals surface area contributed by atoms with Crippen molar-refractivity contribution in [2.24, 2.45) is 0 Å². The molecule has 2 aromatic rings. The smallest absolute Gasteiger partial charge is 0.247 e. The Morgan fingerprint density at radius 1 is 1.32 bits per heavy atom. The lowest BCUT2D eigenvalue weighted by Crippen LogP contribution is -2.24. The molecule has 19 heavy (non-hydrogen) atoms. The molecule has 98 valence electrons. The summed E-state index contributed by atoms with van der Waals surface area (Å²) in [5.41, 5.74) is 1.21. The molecular formula is C14H13BrN2O2. The van der Waals surface area contributed by atoms with Crippen molar-refractivity contribution >= 4 is 33.8 Å². The maximum Gasteiger partial charge on any atom is 0.247 e. The van der Waals surface area contributed by atoms with Gasteiger partial charge in [-0.1, -0.05) is 15.9 Å². The molecule has 1 heterocycles. The number of rotatable bonds is 4. The van der Waals surface area contributed by atoms with Gasteiger partial charge in [-0.15, -0.1) is 0 Å². The van der Waals surface area contributed by atoms with Gasteiger partial charge in [-0.3, -0.25) is 9.59 Å². The molecule has 2 rings (SSSR count). The number of nitrogens with one attached hydrogen (secondary N) is 1. The van der Waals surface area contributed by atoms with Crippen LogP contribution in [0.15, 0.2) is 47.1 Å². The summed E-state index contributed by atoms with van der Waals surface area (Å²) < 4.78 is 2.59. The molecule has 4 nitrogen and oxygen atoms in total. The average molecular weight is 321 g/mol. The van der Waals surface area contributed by atoms with Crippen molar-refractivity contribution in [1.29, 1.82) is 0 Å². The molecule has 0 spiro atoms. The minimum absolute atomic E-state index is 0.165. The molecule has 1 aromatic carbocycles. The lowest BCUT2D eigenvalue weighted by Gasteiger charge is -2.15. The Morgan fingerprint density at radius 2 is 2.00 bits per heavy atom. The number of nitrogens with zero attached hydrogens (tertiary/aromatic N) is 1. The van der Waals surface area contributed by atoms with E-state index < -0.39 is 6.04 Å². The van der Waals surface area contributed by atoms with E-state index in [1.807, 2.05) is 24.3 Å². The monoisotopic (exact) mass is 320 g/mol. The second kappa shape index (κ2) is 5.84. The van der Waals surface area contributed by atoms with Gasteiger partial charge in [-0.2, -0.15) is 0 Å². The van der Waals surface area contributed by atoms with Crippen LogP contribution in [0.2, 0.25) is 0 Å². The first kappa shape index (κ1) is 13.5. The molecule has 0 saturated carbocycles. The van der Waals surface area contributed by atoms with E-state index in [2.05, 4.69) is 21.2 Å². The summed E-state index contributed by atoms with van der Waals surface area (Å²) >= 11 is 3.34. The van der Waals surface area contributed by atoms with Crippen LogP contribution in [-0.4, -0.2) is 16.8 Å². The number of carbonyl (C=O) groups excluding carboxylic acids is 2. The van der Waals surface area contributed by atoms with Crippen molar-refractivity contribution in [3.8, 4) is 0 Å². The zero-order chi connectivity index (χ0) is 13.8. The third-order valence-corrected chi connectivity index (χ3v) is 3.37. The molecular weight excluding hydrogens is 308 g/mol. The Labute approximate surface area is 119 Å². The Hall–Kier alpha value is -1.88. The van der Waals surface area contributed by atoms with Crippen LogP contribution in [0.3, 0.4) is 0 Å². The van der Waals surface area contributed by atoms with Gasteiger partial charge in [0.25, 0.3) is 0 Å². The molecule has 0 aliphatic heterocycles. The van der Waals surface area contributed by atoms with Crippen LogP contribution in [0.1, 0.15) is 23.5 Å². The third kappa shape index (κ3) is 3.12. The maximum absolute atomic E-state index is 12.1.